The highest BCUT2D eigenvalue weighted by atomic mass is 19.1. The number of hydrogen-bond acceptors (Lipinski definition) is 3. The molecule has 7 heteroatoms. The molecule has 1 amide bonds. The summed E-state index contributed by atoms with van der Waals surface area (Å²) in [7, 11) is 0. The van der Waals surface area contributed by atoms with Gasteiger partial charge in [-0.25, -0.2) is 13.6 Å². The number of carboxylic acids is 1. The molecule has 2 fully saturated rings. The normalized spacial score (nSPS) is 30.1. The lowest BCUT2D eigenvalue weighted by atomic mass is 10.1. The van der Waals surface area contributed by atoms with E-state index in [9.17, 15) is 18.4 Å². The zero-order valence-electron chi connectivity index (χ0n) is 12.5. The molecule has 1 aliphatic heterocycles. The van der Waals surface area contributed by atoms with Crippen molar-refractivity contribution in [2.75, 3.05) is 13.1 Å². The molecule has 1 aromatic carbocycles. The number of carbonyl (C=O) groups excluding carboxylic acids is 1. The lowest BCUT2D eigenvalue weighted by Crippen LogP contribution is -2.52. The number of ether oxygens (including phenoxy) is 1. The second kappa shape index (κ2) is 5.88. The number of morpholine rings is 1. The van der Waals surface area contributed by atoms with Crippen LogP contribution in [-0.4, -0.2) is 47.2 Å². The van der Waals surface area contributed by atoms with Gasteiger partial charge < -0.3 is 14.7 Å². The van der Waals surface area contributed by atoms with Crippen LogP contribution < -0.4 is 0 Å². The highest BCUT2D eigenvalue weighted by Crippen LogP contribution is 2.49. The minimum Gasteiger partial charge on any atom is -0.479 e. The first kappa shape index (κ1) is 15.9. The monoisotopic (exact) mass is 325 g/mol. The van der Waals surface area contributed by atoms with Crippen LogP contribution in [0.2, 0.25) is 0 Å². The van der Waals surface area contributed by atoms with Crippen molar-refractivity contribution in [1.82, 2.24) is 4.90 Å². The van der Waals surface area contributed by atoms with Crippen LogP contribution in [0.25, 0.3) is 0 Å². The van der Waals surface area contributed by atoms with Gasteiger partial charge in [-0.15, -0.1) is 0 Å². The summed E-state index contributed by atoms with van der Waals surface area (Å²) < 4.78 is 32.3. The smallest absolute Gasteiger partial charge is 0.334 e. The fourth-order valence-electron chi connectivity index (χ4n) is 3.11. The summed E-state index contributed by atoms with van der Waals surface area (Å²) in [5, 5.41) is 9.05. The third-order valence-electron chi connectivity index (χ3n) is 4.31. The summed E-state index contributed by atoms with van der Waals surface area (Å²) in [5.74, 6) is -3.17. The molecule has 1 saturated heterocycles. The first-order chi connectivity index (χ1) is 10.9. The fraction of sp³-hybridized carbons (Fsp3) is 0.500. The zero-order chi connectivity index (χ0) is 16.7. The van der Waals surface area contributed by atoms with Crippen LogP contribution in [0.4, 0.5) is 8.78 Å². The quantitative estimate of drug-likeness (QED) is 0.920. The maximum atomic E-state index is 13.8. The number of carboxylic acid groups (broad SMARTS) is 1. The van der Waals surface area contributed by atoms with Crippen LogP contribution in [0.3, 0.4) is 0 Å². The Labute approximate surface area is 131 Å². The highest BCUT2D eigenvalue weighted by molar-refractivity contribution is 5.84. The largest absolute Gasteiger partial charge is 0.479 e. The van der Waals surface area contributed by atoms with Crippen molar-refractivity contribution in [3.63, 3.8) is 0 Å². The molecule has 1 aliphatic carbocycles. The second-order valence-corrected chi connectivity index (χ2v) is 6.13. The zero-order valence-corrected chi connectivity index (χ0v) is 12.5. The molecule has 1 saturated carbocycles. The van der Waals surface area contributed by atoms with Crippen molar-refractivity contribution in [2.24, 2.45) is 5.92 Å². The molecule has 1 N–H and O–H groups in total. The topological polar surface area (TPSA) is 66.8 Å². The summed E-state index contributed by atoms with van der Waals surface area (Å²) in [6.45, 7) is 1.98. The average molecular weight is 325 g/mol. The van der Waals surface area contributed by atoms with E-state index < -0.39 is 29.6 Å². The number of rotatable bonds is 3. The number of halogens is 2. The molecular formula is C16H17F2NO4. The van der Waals surface area contributed by atoms with Gasteiger partial charge in [0.1, 0.15) is 11.6 Å². The average Bonchev–Trinajstić information content (AvgIpc) is 3.28. The van der Waals surface area contributed by atoms with Crippen molar-refractivity contribution in [3.05, 3.63) is 35.4 Å². The van der Waals surface area contributed by atoms with Crippen molar-refractivity contribution >= 4 is 11.9 Å². The van der Waals surface area contributed by atoms with E-state index >= 15 is 0 Å². The minimum absolute atomic E-state index is 0.0205. The summed E-state index contributed by atoms with van der Waals surface area (Å²) in [4.78, 5) is 25.0. The molecule has 0 spiro atoms. The van der Waals surface area contributed by atoms with Gasteiger partial charge >= 0.3 is 5.97 Å². The van der Waals surface area contributed by atoms with Gasteiger partial charge in [0.05, 0.1) is 12.6 Å². The number of carbonyl (C=O) groups is 2. The number of nitrogens with zero attached hydrogens (tertiary/aromatic N) is 1. The lowest BCUT2D eigenvalue weighted by molar-refractivity contribution is -0.167. The molecule has 0 radical (unpaired) electrons. The maximum Gasteiger partial charge on any atom is 0.334 e. The predicted octanol–water partition coefficient (Wildman–Crippen LogP) is 1.77. The molecule has 23 heavy (non-hydrogen) atoms. The van der Waals surface area contributed by atoms with Crippen LogP contribution in [0, 0.1) is 17.6 Å². The van der Waals surface area contributed by atoms with Gasteiger partial charge in [-0.3, -0.25) is 4.79 Å². The molecule has 4 atom stereocenters. The Kier molecular flexibility index (Phi) is 4.06. The summed E-state index contributed by atoms with van der Waals surface area (Å²) >= 11 is 0. The molecule has 1 heterocycles. The maximum absolute atomic E-state index is 13.8. The Morgan fingerprint density at radius 2 is 2.04 bits per heavy atom. The molecule has 3 unspecified atom stereocenters. The summed E-state index contributed by atoms with van der Waals surface area (Å²) in [6, 6.07) is 3.22. The van der Waals surface area contributed by atoms with E-state index in [1.165, 1.54) is 4.90 Å². The fourth-order valence-corrected chi connectivity index (χ4v) is 3.11. The second-order valence-electron chi connectivity index (χ2n) is 6.13. The minimum atomic E-state index is -1.11. The number of hydrogen-bond donors (Lipinski definition) is 1. The first-order valence-corrected chi connectivity index (χ1v) is 7.49. The molecule has 0 aromatic heterocycles. The first-order valence-electron chi connectivity index (χ1n) is 7.49. The van der Waals surface area contributed by atoms with E-state index in [1.807, 2.05) is 0 Å². The number of benzene rings is 1. The molecule has 124 valence electrons. The van der Waals surface area contributed by atoms with Crippen molar-refractivity contribution in [1.29, 1.82) is 0 Å². The van der Waals surface area contributed by atoms with E-state index in [0.29, 0.717) is 13.0 Å². The van der Waals surface area contributed by atoms with Gasteiger partial charge in [0, 0.05) is 12.5 Å². The Bertz CT molecular complexity index is 651. The Balaban J connectivity index is 1.70. The van der Waals surface area contributed by atoms with Crippen molar-refractivity contribution in [2.45, 2.75) is 31.5 Å². The van der Waals surface area contributed by atoms with Crippen LogP contribution in [0.15, 0.2) is 18.2 Å². The van der Waals surface area contributed by atoms with E-state index in [-0.39, 0.29) is 30.0 Å². The Morgan fingerprint density at radius 3 is 2.74 bits per heavy atom. The predicted molar refractivity (Wildman–Crippen MR) is 75.8 cm³/mol. The van der Waals surface area contributed by atoms with Gasteiger partial charge in [-0.2, -0.15) is 0 Å². The van der Waals surface area contributed by atoms with E-state index in [2.05, 4.69) is 0 Å². The molecule has 5 nitrogen and oxygen atoms in total. The van der Waals surface area contributed by atoms with E-state index in [4.69, 9.17) is 9.84 Å². The SMILES string of the molecule is C[C@@H]1CN(C(=O)C2CC2c2cc(F)ccc2F)CC(C(=O)O)O1. The third-order valence-corrected chi connectivity index (χ3v) is 4.31. The highest BCUT2D eigenvalue weighted by Gasteiger charge is 2.48. The Morgan fingerprint density at radius 1 is 1.30 bits per heavy atom. The third kappa shape index (κ3) is 3.19. The van der Waals surface area contributed by atoms with Gasteiger partial charge in [0.2, 0.25) is 5.91 Å². The van der Waals surface area contributed by atoms with Crippen molar-refractivity contribution < 1.29 is 28.2 Å². The van der Waals surface area contributed by atoms with Crippen molar-refractivity contribution in [3.8, 4) is 0 Å². The molecule has 3 rings (SSSR count). The van der Waals surface area contributed by atoms with E-state index in [1.54, 1.807) is 6.92 Å². The van der Waals surface area contributed by atoms with Crippen LogP contribution in [0.5, 0.6) is 0 Å². The molecule has 1 aromatic rings. The van der Waals surface area contributed by atoms with Crippen LogP contribution in [0.1, 0.15) is 24.8 Å². The van der Waals surface area contributed by atoms with Crippen LogP contribution in [-0.2, 0) is 14.3 Å². The standard InChI is InChI=1S/C16H17F2NO4/c1-8-6-19(7-14(23-8)16(21)22)15(20)12-5-10(12)11-4-9(17)2-3-13(11)18/h2-4,8,10,12,14H,5-7H2,1H3,(H,21,22)/t8-,10?,12?,14?/m1/s1. The van der Waals surface area contributed by atoms with Gasteiger partial charge in [-0.05, 0) is 43.0 Å². The number of aliphatic carboxylic acids is 1. The molecule has 2 aliphatic rings. The van der Waals surface area contributed by atoms with E-state index in [0.717, 1.165) is 18.2 Å². The molecular weight excluding hydrogens is 308 g/mol. The Hall–Kier alpha value is -2.02. The summed E-state index contributed by atoms with van der Waals surface area (Å²) in [5.41, 5.74) is 0.208. The van der Waals surface area contributed by atoms with Gasteiger partial charge in [0.25, 0.3) is 0 Å². The van der Waals surface area contributed by atoms with Gasteiger partial charge in [-0.1, -0.05) is 0 Å². The summed E-state index contributed by atoms with van der Waals surface area (Å²) in [6.07, 6.45) is -0.981. The lowest BCUT2D eigenvalue weighted by Gasteiger charge is -2.35. The molecule has 0 bridgehead atoms. The van der Waals surface area contributed by atoms with Crippen LogP contribution >= 0.6 is 0 Å². The van der Waals surface area contributed by atoms with Gasteiger partial charge in [0.15, 0.2) is 6.10 Å². The number of amides is 1.